The van der Waals surface area contributed by atoms with Gasteiger partial charge in [0.25, 0.3) is 11.8 Å². The lowest BCUT2D eigenvalue weighted by Crippen LogP contribution is -2.28. The van der Waals surface area contributed by atoms with Gasteiger partial charge in [-0.3, -0.25) is 9.59 Å². The molecule has 1 aliphatic rings. The van der Waals surface area contributed by atoms with Crippen molar-refractivity contribution in [2.75, 3.05) is 18.5 Å². The Morgan fingerprint density at radius 3 is 2.96 bits per heavy atom. The average molecular weight is 344 g/mol. The van der Waals surface area contributed by atoms with Gasteiger partial charge >= 0.3 is 0 Å². The summed E-state index contributed by atoms with van der Waals surface area (Å²) in [6.45, 7) is 2.73. The molecular weight excluding hydrogens is 324 g/mol. The van der Waals surface area contributed by atoms with Crippen LogP contribution >= 0.6 is 0 Å². The molecule has 0 saturated carbocycles. The predicted molar refractivity (Wildman–Crippen MR) is 89.1 cm³/mol. The van der Waals surface area contributed by atoms with Crippen LogP contribution in [0.2, 0.25) is 0 Å². The molecule has 2 N–H and O–H groups in total. The van der Waals surface area contributed by atoms with E-state index < -0.39 is 6.10 Å². The molecule has 8 nitrogen and oxygen atoms in total. The summed E-state index contributed by atoms with van der Waals surface area (Å²) in [7, 11) is 0. The zero-order valence-corrected chi connectivity index (χ0v) is 13.9. The molecule has 1 aromatic heterocycles. The van der Waals surface area contributed by atoms with Crippen LogP contribution in [0.5, 0.6) is 0 Å². The molecule has 1 atom stereocenters. The second-order valence-corrected chi connectivity index (χ2v) is 5.81. The Balaban J connectivity index is 1.52. The van der Waals surface area contributed by atoms with Gasteiger partial charge in [-0.05, 0) is 38.0 Å². The first-order valence-corrected chi connectivity index (χ1v) is 8.22. The van der Waals surface area contributed by atoms with E-state index in [4.69, 9.17) is 9.26 Å². The topological polar surface area (TPSA) is 106 Å². The Bertz CT molecular complexity index is 753. The number of nitrogens with zero attached hydrogens (tertiary/aromatic N) is 2. The highest BCUT2D eigenvalue weighted by Crippen LogP contribution is 2.16. The van der Waals surface area contributed by atoms with Gasteiger partial charge in [-0.1, -0.05) is 11.2 Å². The van der Waals surface area contributed by atoms with Gasteiger partial charge in [0.15, 0.2) is 5.82 Å². The van der Waals surface area contributed by atoms with E-state index in [9.17, 15) is 9.59 Å². The number of ether oxygens (including phenoxy) is 1. The van der Waals surface area contributed by atoms with E-state index in [1.54, 1.807) is 31.2 Å². The third-order valence-corrected chi connectivity index (χ3v) is 3.81. The summed E-state index contributed by atoms with van der Waals surface area (Å²) in [6, 6.07) is 6.79. The Morgan fingerprint density at radius 1 is 1.36 bits per heavy atom. The SMILES string of the molecule is Cc1noc(CCNC(=O)c2cccc(NC(=O)C3CCCO3)c2)n1. The highest BCUT2D eigenvalue weighted by molar-refractivity contribution is 5.98. The molecule has 0 bridgehead atoms. The molecule has 1 fully saturated rings. The highest BCUT2D eigenvalue weighted by atomic mass is 16.5. The maximum atomic E-state index is 12.2. The lowest BCUT2D eigenvalue weighted by Gasteiger charge is -2.11. The van der Waals surface area contributed by atoms with Gasteiger partial charge in [-0.25, -0.2) is 0 Å². The molecule has 2 heterocycles. The molecule has 1 aromatic carbocycles. The molecule has 0 spiro atoms. The second-order valence-electron chi connectivity index (χ2n) is 5.81. The molecule has 3 rings (SSSR count). The Kier molecular flexibility index (Phi) is 5.39. The van der Waals surface area contributed by atoms with Crippen LogP contribution in [0.4, 0.5) is 5.69 Å². The van der Waals surface area contributed by atoms with Gasteiger partial charge in [-0.2, -0.15) is 4.98 Å². The van der Waals surface area contributed by atoms with Crippen LogP contribution in [0, 0.1) is 6.92 Å². The average Bonchev–Trinajstić information content (AvgIpc) is 3.27. The number of nitrogens with one attached hydrogen (secondary N) is 2. The number of rotatable bonds is 6. The van der Waals surface area contributed by atoms with Gasteiger partial charge in [0, 0.05) is 30.8 Å². The fourth-order valence-electron chi connectivity index (χ4n) is 2.57. The Labute approximate surface area is 144 Å². The minimum Gasteiger partial charge on any atom is -0.368 e. The summed E-state index contributed by atoms with van der Waals surface area (Å²) < 4.78 is 10.3. The van der Waals surface area contributed by atoms with Gasteiger partial charge in [-0.15, -0.1) is 0 Å². The molecule has 2 amide bonds. The number of hydrogen-bond acceptors (Lipinski definition) is 6. The van der Waals surface area contributed by atoms with E-state index in [0.29, 0.717) is 42.5 Å². The molecule has 0 radical (unpaired) electrons. The van der Waals surface area contributed by atoms with Gasteiger partial charge in [0.2, 0.25) is 5.89 Å². The van der Waals surface area contributed by atoms with Gasteiger partial charge in [0.1, 0.15) is 6.10 Å². The third kappa shape index (κ3) is 4.63. The molecule has 1 saturated heterocycles. The normalized spacial score (nSPS) is 16.6. The minimum absolute atomic E-state index is 0.179. The number of amides is 2. The predicted octanol–water partition coefficient (Wildman–Crippen LogP) is 1.47. The number of anilines is 1. The smallest absolute Gasteiger partial charge is 0.253 e. The lowest BCUT2D eigenvalue weighted by molar-refractivity contribution is -0.124. The van der Waals surface area contributed by atoms with Crippen LogP contribution in [-0.2, 0) is 16.0 Å². The minimum atomic E-state index is -0.407. The van der Waals surface area contributed by atoms with Crippen LogP contribution in [-0.4, -0.2) is 41.2 Å². The van der Waals surface area contributed by atoms with Gasteiger partial charge < -0.3 is 19.9 Å². The molecule has 132 valence electrons. The first-order chi connectivity index (χ1) is 12.1. The zero-order chi connectivity index (χ0) is 17.6. The molecular formula is C17H20N4O4. The standard InChI is InChI=1S/C17H20N4O4/c1-11-19-15(25-21-11)7-8-18-16(22)12-4-2-5-13(10-12)20-17(23)14-6-3-9-24-14/h2,4-5,10,14H,3,6-9H2,1H3,(H,18,22)(H,20,23). The van der Waals surface area contributed by atoms with Crippen LogP contribution in [0.25, 0.3) is 0 Å². The maximum Gasteiger partial charge on any atom is 0.253 e. The first-order valence-electron chi connectivity index (χ1n) is 8.22. The molecule has 2 aromatic rings. The summed E-state index contributed by atoms with van der Waals surface area (Å²) in [5.74, 6) is 0.637. The molecule has 25 heavy (non-hydrogen) atoms. The number of carbonyl (C=O) groups is 2. The van der Waals surface area contributed by atoms with Crippen molar-refractivity contribution in [2.45, 2.75) is 32.3 Å². The van der Waals surface area contributed by atoms with E-state index in [0.717, 1.165) is 12.8 Å². The third-order valence-electron chi connectivity index (χ3n) is 3.81. The van der Waals surface area contributed by atoms with Crippen molar-refractivity contribution in [3.63, 3.8) is 0 Å². The van der Waals surface area contributed by atoms with Crippen LogP contribution in [0.1, 0.15) is 34.9 Å². The maximum absolute atomic E-state index is 12.2. The number of benzene rings is 1. The van der Waals surface area contributed by atoms with Crippen molar-refractivity contribution < 1.29 is 18.8 Å². The van der Waals surface area contributed by atoms with Gasteiger partial charge in [0.05, 0.1) is 0 Å². The van der Waals surface area contributed by atoms with Crippen molar-refractivity contribution >= 4 is 17.5 Å². The van der Waals surface area contributed by atoms with Crippen molar-refractivity contribution in [3.8, 4) is 0 Å². The lowest BCUT2D eigenvalue weighted by atomic mass is 10.1. The van der Waals surface area contributed by atoms with Crippen molar-refractivity contribution in [1.82, 2.24) is 15.5 Å². The summed E-state index contributed by atoms with van der Waals surface area (Å²) >= 11 is 0. The van der Waals surface area contributed by atoms with Crippen LogP contribution < -0.4 is 10.6 Å². The van der Waals surface area contributed by atoms with Crippen LogP contribution in [0.15, 0.2) is 28.8 Å². The van der Waals surface area contributed by atoms with E-state index in [1.165, 1.54) is 0 Å². The Morgan fingerprint density at radius 2 is 2.24 bits per heavy atom. The number of hydrogen-bond donors (Lipinski definition) is 2. The second kappa shape index (κ2) is 7.89. The molecule has 0 aliphatic carbocycles. The Hall–Kier alpha value is -2.74. The van der Waals surface area contributed by atoms with Crippen LogP contribution in [0.3, 0.4) is 0 Å². The summed E-state index contributed by atoms with van der Waals surface area (Å²) in [5, 5.41) is 9.27. The highest BCUT2D eigenvalue weighted by Gasteiger charge is 2.23. The molecule has 1 aliphatic heterocycles. The zero-order valence-electron chi connectivity index (χ0n) is 13.9. The van der Waals surface area contributed by atoms with E-state index >= 15 is 0 Å². The van der Waals surface area contributed by atoms with Crippen molar-refractivity contribution in [1.29, 1.82) is 0 Å². The van der Waals surface area contributed by atoms with Crippen molar-refractivity contribution in [3.05, 3.63) is 41.5 Å². The number of aromatic nitrogens is 2. The number of aryl methyl sites for hydroxylation is 1. The van der Waals surface area contributed by atoms with E-state index in [1.807, 2.05) is 0 Å². The fraction of sp³-hybridized carbons (Fsp3) is 0.412. The quantitative estimate of drug-likeness (QED) is 0.822. The van der Waals surface area contributed by atoms with E-state index in [-0.39, 0.29) is 11.8 Å². The first kappa shape index (κ1) is 17.1. The van der Waals surface area contributed by atoms with Crippen molar-refractivity contribution in [2.24, 2.45) is 0 Å². The summed E-state index contributed by atoms with van der Waals surface area (Å²) in [4.78, 5) is 28.4. The van der Waals surface area contributed by atoms with E-state index in [2.05, 4.69) is 20.8 Å². The summed E-state index contributed by atoms with van der Waals surface area (Å²) in [5.41, 5.74) is 1.03. The molecule has 1 unspecified atom stereocenters. The largest absolute Gasteiger partial charge is 0.368 e. The fourth-order valence-corrected chi connectivity index (χ4v) is 2.57. The monoisotopic (exact) mass is 344 g/mol. The number of carbonyl (C=O) groups excluding carboxylic acids is 2. The molecule has 8 heteroatoms. The summed E-state index contributed by atoms with van der Waals surface area (Å²) in [6.07, 6.45) is 1.67.